The number of anilines is 1. The summed E-state index contributed by atoms with van der Waals surface area (Å²) in [5.74, 6) is -0.0661. The third-order valence-corrected chi connectivity index (χ3v) is 7.25. The third-order valence-electron chi connectivity index (χ3n) is 5.31. The van der Waals surface area contributed by atoms with E-state index < -0.39 is 17.3 Å². The van der Waals surface area contributed by atoms with Gasteiger partial charge in [0, 0.05) is 43.3 Å². The van der Waals surface area contributed by atoms with Gasteiger partial charge in [-0.15, -0.1) is 11.3 Å². The number of ether oxygens (including phenoxy) is 2. The van der Waals surface area contributed by atoms with Crippen LogP contribution in [0, 0.1) is 0 Å². The number of carbonyl (C=O) groups excluding carboxylic acids is 1. The summed E-state index contributed by atoms with van der Waals surface area (Å²) in [7, 11) is 0. The number of thiazole rings is 2. The van der Waals surface area contributed by atoms with Gasteiger partial charge in [-0.1, -0.05) is 11.3 Å². The van der Waals surface area contributed by atoms with Gasteiger partial charge >= 0.3 is 12.2 Å². The molecule has 0 bridgehead atoms. The van der Waals surface area contributed by atoms with Crippen molar-refractivity contribution in [2.24, 2.45) is 0 Å². The van der Waals surface area contributed by atoms with Crippen LogP contribution in [0.3, 0.4) is 0 Å². The zero-order valence-corrected chi connectivity index (χ0v) is 21.8. The van der Waals surface area contributed by atoms with Crippen LogP contribution in [-0.2, 0) is 4.74 Å². The molecule has 1 saturated heterocycles. The van der Waals surface area contributed by atoms with E-state index in [4.69, 9.17) is 14.5 Å². The van der Waals surface area contributed by atoms with Crippen molar-refractivity contribution in [3.05, 3.63) is 23.7 Å². The van der Waals surface area contributed by atoms with Crippen molar-refractivity contribution in [3.8, 4) is 16.3 Å². The van der Waals surface area contributed by atoms with E-state index in [1.807, 2.05) is 31.1 Å². The van der Waals surface area contributed by atoms with Crippen molar-refractivity contribution < 1.29 is 28.2 Å². The normalized spacial score (nSPS) is 15.5. The summed E-state index contributed by atoms with van der Waals surface area (Å²) in [6, 6.07) is 3.11. The van der Waals surface area contributed by atoms with Gasteiger partial charge in [0.2, 0.25) is 0 Å². The average molecular weight is 527 g/mol. The highest BCUT2D eigenvalue weighted by Gasteiger charge is 2.49. The van der Waals surface area contributed by atoms with Gasteiger partial charge in [-0.3, -0.25) is 0 Å². The maximum absolute atomic E-state index is 14.6. The molecule has 4 rings (SSSR count). The lowest BCUT2D eigenvalue weighted by molar-refractivity contribution is -0.275. The summed E-state index contributed by atoms with van der Waals surface area (Å²) in [6.45, 7) is 9.39. The molecule has 0 radical (unpaired) electrons. The van der Waals surface area contributed by atoms with Crippen LogP contribution in [0.15, 0.2) is 23.7 Å². The third kappa shape index (κ3) is 5.49. The Hall–Kier alpha value is -2.57. The number of fused-ring (bicyclic) bond motifs is 1. The molecule has 0 spiro atoms. The van der Waals surface area contributed by atoms with Gasteiger partial charge in [0.05, 0.1) is 10.2 Å². The minimum Gasteiger partial charge on any atom is -0.444 e. The van der Waals surface area contributed by atoms with Crippen LogP contribution < -0.4 is 9.64 Å². The molecular weight excluding hydrogens is 498 g/mol. The van der Waals surface area contributed by atoms with Gasteiger partial charge in [0.1, 0.15) is 16.4 Å². The fraction of sp³-hybridized carbons (Fsp3) is 0.522. The molecule has 1 aliphatic rings. The summed E-state index contributed by atoms with van der Waals surface area (Å²) < 4.78 is 40.0. The van der Waals surface area contributed by atoms with Crippen molar-refractivity contribution in [2.45, 2.75) is 51.9 Å². The molecule has 3 heterocycles. The van der Waals surface area contributed by atoms with Crippen LogP contribution in [0.2, 0.25) is 0 Å². The molecule has 1 amide bonds. The molecule has 0 aliphatic carbocycles. The summed E-state index contributed by atoms with van der Waals surface area (Å²) >= 11 is 2.65. The quantitative estimate of drug-likeness (QED) is 0.488. The second kappa shape index (κ2) is 9.14. The molecule has 0 saturated carbocycles. The summed E-state index contributed by atoms with van der Waals surface area (Å²) in [5, 5.41) is 13.1. The molecule has 1 aliphatic heterocycles. The van der Waals surface area contributed by atoms with E-state index in [-0.39, 0.29) is 11.8 Å². The Morgan fingerprint density at radius 2 is 1.80 bits per heavy atom. The van der Waals surface area contributed by atoms with Gasteiger partial charge in [0.15, 0.2) is 10.7 Å². The van der Waals surface area contributed by atoms with Crippen molar-refractivity contribution in [3.63, 3.8) is 0 Å². The first-order valence-corrected chi connectivity index (χ1v) is 12.8. The van der Waals surface area contributed by atoms with Crippen molar-refractivity contribution in [1.82, 2.24) is 14.9 Å². The molecule has 8 nitrogen and oxygen atoms in total. The summed E-state index contributed by atoms with van der Waals surface area (Å²) in [4.78, 5) is 25.2. The lowest BCUT2D eigenvalue weighted by Crippen LogP contribution is -2.50. The number of hydrogen-bond acceptors (Lipinski definition) is 9. The first-order valence-electron chi connectivity index (χ1n) is 11.1. The minimum absolute atomic E-state index is 0.0661. The van der Waals surface area contributed by atoms with E-state index in [0.29, 0.717) is 52.1 Å². The monoisotopic (exact) mass is 526 g/mol. The number of halogens is 2. The van der Waals surface area contributed by atoms with E-state index in [1.165, 1.54) is 28.7 Å². The van der Waals surface area contributed by atoms with E-state index >= 15 is 0 Å². The number of benzene rings is 1. The smallest absolute Gasteiger partial charge is 0.426 e. The van der Waals surface area contributed by atoms with Gasteiger partial charge in [-0.2, -0.15) is 8.78 Å². The predicted molar refractivity (Wildman–Crippen MR) is 133 cm³/mol. The maximum Gasteiger partial charge on any atom is 0.426 e. The first-order chi connectivity index (χ1) is 16.2. The van der Waals surface area contributed by atoms with Crippen LogP contribution in [0.5, 0.6) is 5.75 Å². The second-order valence-corrected chi connectivity index (χ2v) is 11.6. The van der Waals surface area contributed by atoms with E-state index in [2.05, 4.69) is 4.98 Å². The SMILES string of the molecule is CC(C)(C)OC(=O)N1CCN(c2nc3c(-c4nccs4)ccc(OC(F)(F)C(C)(C)O)c3s2)CC1. The molecular formula is C23H28F2N4O4S2. The topological polar surface area (TPSA) is 88.0 Å². The number of carbonyl (C=O) groups is 1. The Morgan fingerprint density at radius 1 is 1.11 bits per heavy atom. The Balaban J connectivity index is 1.64. The molecule has 1 fully saturated rings. The molecule has 0 atom stereocenters. The number of aliphatic hydroxyl groups is 1. The first kappa shape index (κ1) is 25.5. The fourth-order valence-electron chi connectivity index (χ4n) is 3.39. The zero-order valence-electron chi connectivity index (χ0n) is 20.2. The van der Waals surface area contributed by atoms with Gasteiger partial charge < -0.3 is 24.4 Å². The van der Waals surface area contributed by atoms with Gasteiger partial charge in [-0.05, 0) is 46.8 Å². The minimum atomic E-state index is -3.81. The van der Waals surface area contributed by atoms with E-state index in [0.717, 1.165) is 13.8 Å². The Kier molecular flexibility index (Phi) is 6.66. The number of alkyl halides is 2. The molecule has 0 unspecified atom stereocenters. The Labute approximate surface area is 210 Å². The molecule has 35 heavy (non-hydrogen) atoms. The lowest BCUT2D eigenvalue weighted by atomic mass is 10.1. The number of amides is 1. The number of piperazine rings is 1. The second-order valence-electron chi connectivity index (χ2n) is 9.75. The number of rotatable bonds is 5. The predicted octanol–water partition coefficient (Wildman–Crippen LogP) is 5.22. The van der Waals surface area contributed by atoms with Crippen molar-refractivity contribution in [1.29, 1.82) is 0 Å². The highest BCUT2D eigenvalue weighted by molar-refractivity contribution is 7.22. The van der Waals surface area contributed by atoms with Crippen LogP contribution in [0.25, 0.3) is 20.8 Å². The fourth-order valence-corrected chi connectivity index (χ4v) is 5.14. The van der Waals surface area contributed by atoms with E-state index in [1.54, 1.807) is 17.2 Å². The highest BCUT2D eigenvalue weighted by Crippen LogP contribution is 2.43. The highest BCUT2D eigenvalue weighted by atomic mass is 32.1. The van der Waals surface area contributed by atoms with Crippen LogP contribution in [0.4, 0.5) is 18.7 Å². The largest absolute Gasteiger partial charge is 0.444 e. The lowest BCUT2D eigenvalue weighted by Gasteiger charge is -2.35. The molecule has 1 aromatic carbocycles. The standard InChI is InChI=1S/C23H28F2N4O4S2/c1-21(2,3)33-20(30)29-11-9-28(10-12-29)19-27-16-14(18-26-8-13-34-18)6-7-15(17(16)35-19)32-23(24,25)22(4,5)31/h6-8,13,31H,9-12H2,1-5H3. The summed E-state index contributed by atoms with van der Waals surface area (Å²) in [5.41, 5.74) is -1.74. The average Bonchev–Trinajstić information content (AvgIpc) is 3.42. The Morgan fingerprint density at radius 3 is 2.37 bits per heavy atom. The van der Waals surface area contributed by atoms with Gasteiger partial charge in [-0.25, -0.2) is 14.8 Å². The number of hydrogen-bond donors (Lipinski definition) is 1. The van der Waals surface area contributed by atoms with E-state index in [9.17, 15) is 18.7 Å². The molecule has 2 aromatic heterocycles. The number of nitrogens with zero attached hydrogens (tertiary/aromatic N) is 4. The zero-order chi connectivity index (χ0) is 25.6. The molecule has 3 aromatic rings. The summed E-state index contributed by atoms with van der Waals surface area (Å²) in [6.07, 6.45) is -2.51. The maximum atomic E-state index is 14.6. The Bertz CT molecular complexity index is 1190. The van der Waals surface area contributed by atoms with Crippen LogP contribution in [-0.4, -0.2) is 69.6 Å². The van der Waals surface area contributed by atoms with Crippen molar-refractivity contribution >= 4 is 44.1 Å². The van der Waals surface area contributed by atoms with Crippen LogP contribution in [0.1, 0.15) is 34.6 Å². The molecule has 12 heteroatoms. The number of aromatic nitrogens is 2. The molecule has 190 valence electrons. The van der Waals surface area contributed by atoms with Gasteiger partial charge in [0.25, 0.3) is 0 Å². The van der Waals surface area contributed by atoms with Crippen molar-refractivity contribution in [2.75, 3.05) is 31.1 Å². The van der Waals surface area contributed by atoms with Crippen LogP contribution >= 0.6 is 22.7 Å². The molecule has 1 N–H and O–H groups in total.